The third-order valence-electron chi connectivity index (χ3n) is 4.49. The second-order valence-electron chi connectivity index (χ2n) is 7.10. The van der Waals surface area contributed by atoms with Gasteiger partial charge in [-0.15, -0.1) is 0 Å². The maximum atomic E-state index is 12.8. The van der Waals surface area contributed by atoms with Crippen molar-refractivity contribution in [1.29, 1.82) is 0 Å². The molecule has 0 spiro atoms. The molecule has 0 radical (unpaired) electrons. The summed E-state index contributed by atoms with van der Waals surface area (Å²) < 4.78 is 0. The van der Waals surface area contributed by atoms with Gasteiger partial charge in [0.2, 0.25) is 11.8 Å². The van der Waals surface area contributed by atoms with Crippen LogP contribution in [0.25, 0.3) is 0 Å². The molecule has 2 rings (SSSR count). The van der Waals surface area contributed by atoms with Crippen LogP contribution in [0.5, 0.6) is 0 Å². The molecule has 26 heavy (non-hydrogen) atoms. The lowest BCUT2D eigenvalue weighted by atomic mass is 10.1. The zero-order valence-electron chi connectivity index (χ0n) is 15.9. The van der Waals surface area contributed by atoms with Crippen LogP contribution >= 0.6 is 0 Å². The molecule has 1 aromatic rings. The van der Waals surface area contributed by atoms with Gasteiger partial charge in [-0.2, -0.15) is 0 Å². The Kier molecular flexibility index (Phi) is 6.60. The van der Waals surface area contributed by atoms with Gasteiger partial charge in [-0.1, -0.05) is 18.2 Å². The highest BCUT2D eigenvalue weighted by Crippen LogP contribution is 2.18. The molecule has 0 aliphatic carbocycles. The molecule has 1 aliphatic rings. The van der Waals surface area contributed by atoms with Gasteiger partial charge in [-0.3, -0.25) is 9.59 Å². The van der Waals surface area contributed by atoms with Crippen LogP contribution in [0, 0.1) is 0 Å². The summed E-state index contributed by atoms with van der Waals surface area (Å²) in [5.41, 5.74) is 1.41. The van der Waals surface area contributed by atoms with Crippen molar-refractivity contribution >= 4 is 23.5 Å². The van der Waals surface area contributed by atoms with E-state index < -0.39 is 0 Å². The minimum absolute atomic E-state index is 0.0110. The number of anilines is 1. The van der Waals surface area contributed by atoms with Crippen LogP contribution in [0.3, 0.4) is 0 Å². The van der Waals surface area contributed by atoms with E-state index in [1.54, 1.807) is 25.1 Å². The van der Waals surface area contributed by atoms with Crippen LogP contribution < -0.4 is 10.6 Å². The van der Waals surface area contributed by atoms with Crippen LogP contribution in [0.4, 0.5) is 10.5 Å². The van der Waals surface area contributed by atoms with Gasteiger partial charge in [0.15, 0.2) is 0 Å². The van der Waals surface area contributed by atoms with Crippen LogP contribution in [0.15, 0.2) is 24.3 Å². The van der Waals surface area contributed by atoms with E-state index in [-0.39, 0.29) is 36.3 Å². The summed E-state index contributed by atoms with van der Waals surface area (Å²) in [7, 11) is 3.42. The largest absolute Gasteiger partial charge is 0.352 e. The Hall–Kier alpha value is -2.57. The SMILES string of the molecule is CC(C)N(CC1CCC(=O)N1)C(=O)Nc1ccccc1CC(=O)N(C)C. The quantitative estimate of drug-likeness (QED) is 0.812. The van der Waals surface area contributed by atoms with Gasteiger partial charge in [0.05, 0.1) is 6.42 Å². The molecule has 1 fully saturated rings. The first-order valence-corrected chi connectivity index (χ1v) is 8.93. The van der Waals surface area contributed by atoms with E-state index in [9.17, 15) is 14.4 Å². The lowest BCUT2D eigenvalue weighted by Gasteiger charge is -2.30. The molecule has 7 heteroatoms. The molecule has 0 saturated carbocycles. The standard InChI is InChI=1S/C19H28N4O3/c1-13(2)23(12-15-9-10-17(24)20-15)19(26)21-16-8-6-5-7-14(16)11-18(25)22(3)4/h5-8,13,15H,9-12H2,1-4H3,(H,20,24)(H,21,26). The number of benzene rings is 1. The zero-order chi connectivity index (χ0) is 19.3. The fraction of sp³-hybridized carbons (Fsp3) is 0.526. The summed E-state index contributed by atoms with van der Waals surface area (Å²) in [4.78, 5) is 39.5. The summed E-state index contributed by atoms with van der Waals surface area (Å²) in [6, 6.07) is 7.06. The molecule has 1 unspecified atom stereocenters. The number of carbonyl (C=O) groups is 3. The Balaban J connectivity index is 2.09. The molecule has 7 nitrogen and oxygen atoms in total. The highest BCUT2D eigenvalue weighted by atomic mass is 16.2. The Morgan fingerprint density at radius 3 is 2.54 bits per heavy atom. The monoisotopic (exact) mass is 360 g/mol. The van der Waals surface area contributed by atoms with Crippen molar-refractivity contribution in [3.63, 3.8) is 0 Å². The number of rotatable bonds is 6. The number of nitrogens with one attached hydrogen (secondary N) is 2. The number of likely N-dealkylation sites (N-methyl/N-ethyl adjacent to an activating group) is 1. The summed E-state index contributed by atoms with van der Waals surface area (Å²) in [6.07, 6.45) is 1.47. The number of urea groups is 1. The second-order valence-corrected chi connectivity index (χ2v) is 7.10. The Morgan fingerprint density at radius 1 is 1.27 bits per heavy atom. The summed E-state index contributed by atoms with van der Waals surface area (Å²) in [5.74, 6) is 0.00717. The number of hydrogen-bond acceptors (Lipinski definition) is 3. The molecule has 1 aromatic carbocycles. The molecule has 4 amide bonds. The normalized spacial score (nSPS) is 16.3. The fourth-order valence-electron chi connectivity index (χ4n) is 2.88. The predicted molar refractivity (Wildman–Crippen MR) is 101 cm³/mol. The van der Waals surface area contributed by atoms with Crippen LogP contribution in [0.1, 0.15) is 32.3 Å². The van der Waals surface area contributed by atoms with E-state index in [4.69, 9.17) is 0 Å². The van der Waals surface area contributed by atoms with Gasteiger partial charge in [-0.05, 0) is 31.9 Å². The molecule has 1 aliphatic heterocycles. The molecule has 1 saturated heterocycles. The first kappa shape index (κ1) is 19.8. The fourth-order valence-corrected chi connectivity index (χ4v) is 2.88. The van der Waals surface area contributed by atoms with Gasteiger partial charge in [0.25, 0.3) is 0 Å². The minimum Gasteiger partial charge on any atom is -0.352 e. The van der Waals surface area contributed by atoms with Gasteiger partial charge in [0, 0.05) is 44.8 Å². The van der Waals surface area contributed by atoms with E-state index >= 15 is 0 Å². The lowest BCUT2D eigenvalue weighted by Crippen LogP contribution is -2.47. The molecular weight excluding hydrogens is 332 g/mol. The van der Waals surface area contributed by atoms with Crippen molar-refractivity contribution < 1.29 is 14.4 Å². The Morgan fingerprint density at radius 2 is 1.96 bits per heavy atom. The Labute approximate surface area is 154 Å². The Bertz CT molecular complexity index is 673. The topological polar surface area (TPSA) is 81.8 Å². The van der Waals surface area contributed by atoms with Gasteiger partial charge in [0.1, 0.15) is 0 Å². The highest BCUT2D eigenvalue weighted by molar-refractivity contribution is 5.91. The van der Waals surface area contributed by atoms with Crippen molar-refractivity contribution in [3.8, 4) is 0 Å². The molecule has 142 valence electrons. The van der Waals surface area contributed by atoms with Crippen LogP contribution in [0.2, 0.25) is 0 Å². The van der Waals surface area contributed by atoms with Crippen molar-refractivity contribution in [2.75, 3.05) is 26.0 Å². The number of hydrogen-bond donors (Lipinski definition) is 2. The van der Waals surface area contributed by atoms with E-state index in [0.717, 1.165) is 12.0 Å². The van der Waals surface area contributed by atoms with Crippen molar-refractivity contribution in [3.05, 3.63) is 29.8 Å². The third-order valence-corrected chi connectivity index (χ3v) is 4.49. The average Bonchev–Trinajstić information content (AvgIpc) is 2.99. The summed E-state index contributed by atoms with van der Waals surface area (Å²) in [5, 5.41) is 5.82. The van der Waals surface area contributed by atoms with Gasteiger partial charge >= 0.3 is 6.03 Å². The van der Waals surface area contributed by atoms with Crippen molar-refractivity contribution in [1.82, 2.24) is 15.1 Å². The number of carbonyl (C=O) groups excluding carboxylic acids is 3. The summed E-state index contributed by atoms with van der Waals surface area (Å²) in [6.45, 7) is 4.35. The molecule has 1 heterocycles. The van der Waals surface area contributed by atoms with E-state index in [2.05, 4.69) is 10.6 Å². The van der Waals surface area contributed by atoms with Crippen molar-refractivity contribution in [2.45, 2.75) is 45.2 Å². The van der Waals surface area contributed by atoms with E-state index in [1.165, 1.54) is 4.90 Å². The van der Waals surface area contributed by atoms with Crippen LogP contribution in [-0.2, 0) is 16.0 Å². The van der Waals surface area contributed by atoms with Crippen molar-refractivity contribution in [2.24, 2.45) is 0 Å². The first-order chi connectivity index (χ1) is 12.3. The van der Waals surface area contributed by atoms with Crippen LogP contribution in [-0.4, -0.2) is 60.4 Å². The number of amides is 4. The third kappa shape index (κ3) is 5.21. The number of para-hydroxylation sites is 1. The molecule has 2 N–H and O–H groups in total. The maximum Gasteiger partial charge on any atom is 0.322 e. The molecule has 1 atom stereocenters. The predicted octanol–water partition coefficient (Wildman–Crippen LogP) is 1.84. The van der Waals surface area contributed by atoms with E-state index in [0.29, 0.717) is 18.7 Å². The highest BCUT2D eigenvalue weighted by Gasteiger charge is 2.27. The molecular formula is C19H28N4O3. The van der Waals surface area contributed by atoms with Gasteiger partial charge < -0.3 is 20.4 Å². The minimum atomic E-state index is -0.231. The maximum absolute atomic E-state index is 12.8. The lowest BCUT2D eigenvalue weighted by molar-refractivity contribution is -0.128. The second kappa shape index (κ2) is 8.69. The van der Waals surface area contributed by atoms with Gasteiger partial charge in [-0.25, -0.2) is 4.79 Å². The smallest absolute Gasteiger partial charge is 0.322 e. The summed E-state index contributed by atoms with van der Waals surface area (Å²) >= 11 is 0. The van der Waals surface area contributed by atoms with E-state index in [1.807, 2.05) is 32.0 Å². The molecule has 0 bridgehead atoms. The zero-order valence-corrected chi connectivity index (χ0v) is 15.9. The first-order valence-electron chi connectivity index (χ1n) is 8.93. The molecule has 0 aromatic heterocycles. The number of nitrogens with zero attached hydrogens (tertiary/aromatic N) is 2. The average molecular weight is 360 g/mol.